The number of nitrogens with zero attached hydrogens (tertiary/aromatic N) is 1. The van der Waals surface area contributed by atoms with Crippen LogP contribution < -0.4 is 4.74 Å². The van der Waals surface area contributed by atoms with E-state index in [9.17, 15) is 5.11 Å². The Labute approximate surface area is 208 Å². The van der Waals surface area contributed by atoms with Crippen LogP contribution in [0.2, 0.25) is 0 Å². The Hall–Kier alpha value is -1.84. The molecule has 1 N–H and O–H groups in total. The quantitative estimate of drug-likeness (QED) is 0.449. The Morgan fingerprint density at radius 3 is 2.03 bits per heavy atom. The Morgan fingerprint density at radius 1 is 0.853 bits per heavy atom. The zero-order chi connectivity index (χ0) is 25.0. The predicted octanol–water partition coefficient (Wildman–Crippen LogP) is 6.92. The fraction of sp³-hybridized carbons (Fsp3) is 0.613. The molecule has 34 heavy (non-hydrogen) atoms. The molecule has 1 heterocycles. The lowest BCUT2D eigenvalue weighted by atomic mass is 9.80. The lowest BCUT2D eigenvalue weighted by molar-refractivity contribution is -0.942. The van der Waals surface area contributed by atoms with Crippen LogP contribution in [0.4, 0.5) is 0 Å². The molecule has 3 rings (SSSR count). The van der Waals surface area contributed by atoms with E-state index in [2.05, 4.69) is 90.9 Å². The number of aryl methyl sites for hydroxylation is 1. The van der Waals surface area contributed by atoms with Crippen LogP contribution in [0.5, 0.6) is 5.75 Å². The smallest absolute Gasteiger partial charge is 0.137 e. The first kappa shape index (κ1) is 26.8. The number of likely N-dealkylation sites (tertiary alicyclic amines) is 1. The maximum atomic E-state index is 11.2. The summed E-state index contributed by atoms with van der Waals surface area (Å²) in [7, 11) is 0. The first-order valence-corrected chi connectivity index (χ1v) is 13.2. The molecular formula is C31H48NO2+. The molecule has 0 amide bonds. The molecule has 0 radical (unpaired) electrons. The average Bonchev–Trinajstić information content (AvgIpc) is 2.98. The third kappa shape index (κ3) is 7.33. The van der Waals surface area contributed by atoms with E-state index in [1.54, 1.807) is 0 Å². The standard InChI is InChI=1S/C31H48NO2/c1-24-12-14-25(15-13-24)21-32(18-10-8-9-11-19-32)22-27(33)23-34-29-17-16-26(30(2,3)4)20-28(29)31(5,6)7/h12-17,20,27,33H,8-11,18-19,21-23H2,1-7H3/q+1/t27-/m0/s1. The summed E-state index contributed by atoms with van der Waals surface area (Å²) in [5, 5.41) is 11.2. The molecule has 2 aromatic carbocycles. The monoisotopic (exact) mass is 466 g/mol. The number of quaternary nitrogens is 1. The fourth-order valence-electron chi connectivity index (χ4n) is 5.24. The van der Waals surface area contributed by atoms with Gasteiger partial charge < -0.3 is 14.3 Å². The van der Waals surface area contributed by atoms with E-state index in [4.69, 9.17) is 4.74 Å². The van der Waals surface area contributed by atoms with Gasteiger partial charge in [0.25, 0.3) is 0 Å². The third-order valence-electron chi connectivity index (χ3n) is 7.34. The van der Waals surface area contributed by atoms with E-state index in [1.807, 2.05) is 0 Å². The van der Waals surface area contributed by atoms with E-state index in [1.165, 1.54) is 47.9 Å². The summed E-state index contributed by atoms with van der Waals surface area (Å²) in [6, 6.07) is 15.5. The molecule has 1 atom stereocenters. The zero-order valence-electron chi connectivity index (χ0n) is 22.8. The molecule has 3 nitrogen and oxygen atoms in total. The van der Waals surface area contributed by atoms with E-state index in [-0.39, 0.29) is 10.8 Å². The van der Waals surface area contributed by atoms with Crippen molar-refractivity contribution in [3.63, 3.8) is 0 Å². The van der Waals surface area contributed by atoms with E-state index >= 15 is 0 Å². The van der Waals surface area contributed by atoms with Crippen LogP contribution in [-0.2, 0) is 17.4 Å². The largest absolute Gasteiger partial charge is 0.490 e. The van der Waals surface area contributed by atoms with Crippen molar-refractivity contribution >= 4 is 0 Å². The molecule has 1 saturated heterocycles. The molecular weight excluding hydrogens is 418 g/mol. The van der Waals surface area contributed by atoms with Crippen LogP contribution in [0.25, 0.3) is 0 Å². The van der Waals surface area contributed by atoms with Gasteiger partial charge in [0, 0.05) is 5.56 Å². The first-order chi connectivity index (χ1) is 15.9. The van der Waals surface area contributed by atoms with Crippen molar-refractivity contribution in [1.82, 2.24) is 0 Å². The van der Waals surface area contributed by atoms with Gasteiger partial charge in [-0.3, -0.25) is 0 Å². The minimum Gasteiger partial charge on any atom is -0.490 e. The van der Waals surface area contributed by atoms with Crippen LogP contribution in [0.1, 0.15) is 89.5 Å². The topological polar surface area (TPSA) is 29.5 Å². The van der Waals surface area contributed by atoms with E-state index < -0.39 is 6.10 Å². The van der Waals surface area contributed by atoms with Gasteiger partial charge in [-0.25, -0.2) is 0 Å². The second-order valence-electron chi connectivity index (χ2n) is 12.7. The van der Waals surface area contributed by atoms with E-state index in [0.717, 1.165) is 36.4 Å². The SMILES string of the molecule is Cc1ccc(C[N+]2(C[C@H](O)COc3ccc(C(C)(C)C)cc3C(C)(C)C)CCCCCC2)cc1. The van der Waals surface area contributed by atoms with Gasteiger partial charge >= 0.3 is 0 Å². The number of benzene rings is 2. The maximum absolute atomic E-state index is 11.2. The summed E-state index contributed by atoms with van der Waals surface area (Å²) in [5.41, 5.74) is 5.27. The fourth-order valence-corrected chi connectivity index (χ4v) is 5.24. The number of aliphatic hydroxyl groups excluding tert-OH is 1. The van der Waals surface area contributed by atoms with Crippen molar-refractivity contribution in [1.29, 1.82) is 0 Å². The predicted molar refractivity (Wildman–Crippen MR) is 144 cm³/mol. The van der Waals surface area contributed by atoms with Crippen molar-refractivity contribution in [2.75, 3.05) is 26.2 Å². The van der Waals surface area contributed by atoms with Crippen LogP contribution in [0.15, 0.2) is 42.5 Å². The summed E-state index contributed by atoms with van der Waals surface area (Å²) in [5.74, 6) is 0.903. The number of rotatable bonds is 7. The van der Waals surface area contributed by atoms with Gasteiger partial charge in [-0.2, -0.15) is 0 Å². The van der Waals surface area contributed by atoms with Crippen molar-refractivity contribution in [2.45, 2.75) is 97.6 Å². The Morgan fingerprint density at radius 2 is 1.47 bits per heavy atom. The summed E-state index contributed by atoms with van der Waals surface area (Å²) in [4.78, 5) is 0. The number of hydrogen-bond donors (Lipinski definition) is 1. The molecule has 0 bridgehead atoms. The Kier molecular flexibility index (Phi) is 8.52. The van der Waals surface area contributed by atoms with Gasteiger partial charge in [0.1, 0.15) is 31.5 Å². The highest BCUT2D eigenvalue weighted by Gasteiger charge is 2.32. The normalized spacial score (nSPS) is 17.8. The van der Waals surface area contributed by atoms with Gasteiger partial charge in [-0.05, 0) is 60.6 Å². The molecule has 0 unspecified atom stereocenters. The molecule has 3 heteroatoms. The lowest BCUT2D eigenvalue weighted by Gasteiger charge is -2.39. The van der Waals surface area contributed by atoms with Gasteiger partial charge in [0.2, 0.25) is 0 Å². The zero-order valence-corrected chi connectivity index (χ0v) is 22.8. The highest BCUT2D eigenvalue weighted by molar-refractivity contribution is 5.43. The molecule has 0 aromatic heterocycles. The molecule has 0 spiro atoms. The minimum absolute atomic E-state index is 0.0223. The number of ether oxygens (including phenoxy) is 1. The van der Waals surface area contributed by atoms with Crippen LogP contribution in [-0.4, -0.2) is 41.9 Å². The summed E-state index contributed by atoms with van der Waals surface area (Å²) in [6.07, 6.45) is 4.59. The van der Waals surface area contributed by atoms with E-state index in [0.29, 0.717) is 6.61 Å². The highest BCUT2D eigenvalue weighted by Crippen LogP contribution is 2.35. The number of hydrogen-bond acceptors (Lipinski definition) is 2. The highest BCUT2D eigenvalue weighted by atomic mass is 16.5. The van der Waals surface area contributed by atoms with Gasteiger partial charge in [0.15, 0.2) is 0 Å². The number of aliphatic hydroxyl groups is 1. The molecule has 1 aliphatic rings. The minimum atomic E-state index is -0.487. The Balaban J connectivity index is 1.74. The van der Waals surface area contributed by atoms with Crippen LogP contribution >= 0.6 is 0 Å². The van der Waals surface area contributed by atoms with Crippen molar-refractivity contribution in [3.8, 4) is 5.75 Å². The second kappa shape index (κ2) is 10.8. The van der Waals surface area contributed by atoms with Crippen molar-refractivity contribution < 1.29 is 14.3 Å². The van der Waals surface area contributed by atoms with Gasteiger partial charge in [0.05, 0.1) is 13.1 Å². The average molecular weight is 467 g/mol. The second-order valence-corrected chi connectivity index (χ2v) is 12.7. The molecule has 1 aliphatic heterocycles. The summed E-state index contributed by atoms with van der Waals surface area (Å²) >= 11 is 0. The summed E-state index contributed by atoms with van der Waals surface area (Å²) in [6.45, 7) is 19.9. The molecule has 0 aliphatic carbocycles. The maximum Gasteiger partial charge on any atom is 0.137 e. The lowest BCUT2D eigenvalue weighted by Crippen LogP contribution is -2.53. The summed E-state index contributed by atoms with van der Waals surface area (Å²) < 4.78 is 7.28. The van der Waals surface area contributed by atoms with Gasteiger partial charge in [-0.15, -0.1) is 0 Å². The molecule has 1 fully saturated rings. The van der Waals surface area contributed by atoms with Crippen molar-refractivity contribution in [3.05, 3.63) is 64.7 Å². The van der Waals surface area contributed by atoms with Crippen LogP contribution in [0.3, 0.4) is 0 Å². The molecule has 188 valence electrons. The molecule has 0 saturated carbocycles. The van der Waals surface area contributed by atoms with Crippen molar-refractivity contribution in [2.24, 2.45) is 0 Å². The van der Waals surface area contributed by atoms with Gasteiger partial charge in [-0.1, -0.05) is 83.5 Å². The Bertz CT molecular complexity index is 910. The molecule has 2 aromatic rings. The third-order valence-corrected chi connectivity index (χ3v) is 7.34. The first-order valence-electron chi connectivity index (χ1n) is 13.2. The van der Waals surface area contributed by atoms with Crippen LogP contribution in [0, 0.1) is 6.92 Å².